The van der Waals surface area contributed by atoms with Crippen LogP contribution in [0.2, 0.25) is 5.02 Å². The van der Waals surface area contributed by atoms with E-state index >= 15 is 0 Å². The van der Waals surface area contributed by atoms with Gasteiger partial charge in [0.2, 0.25) is 0 Å². The monoisotopic (exact) mass is 283 g/mol. The molecule has 104 valence electrons. The summed E-state index contributed by atoms with van der Waals surface area (Å²) in [5.74, 6) is -0.152. The fourth-order valence-corrected chi connectivity index (χ4v) is 2.54. The predicted octanol–water partition coefficient (Wildman–Crippen LogP) is 1.86. The maximum atomic E-state index is 11.5. The number of primary amides is 1. The summed E-state index contributed by atoms with van der Waals surface area (Å²) in [6.45, 7) is 3.53. The summed E-state index contributed by atoms with van der Waals surface area (Å²) < 4.78 is 5.36. The van der Waals surface area contributed by atoms with Gasteiger partial charge >= 0.3 is 0 Å². The fourth-order valence-electron chi connectivity index (χ4n) is 2.26. The first-order chi connectivity index (χ1) is 8.99. The number of hydrogen-bond donors (Lipinski definition) is 3. The third-order valence-corrected chi connectivity index (χ3v) is 3.72. The number of nitrogen functional groups attached to an aromatic ring is 1. The Bertz CT molecular complexity index is 487. The van der Waals surface area contributed by atoms with Crippen molar-refractivity contribution in [1.29, 1.82) is 0 Å². The molecule has 1 aromatic rings. The SMILES string of the molecule is CC(Nc1c(Cl)cc(N)cc1C(N)=O)C1CCOC1. The molecule has 6 heteroatoms. The molecule has 1 fully saturated rings. The largest absolute Gasteiger partial charge is 0.399 e. The molecule has 1 aliphatic heterocycles. The van der Waals surface area contributed by atoms with E-state index in [1.54, 1.807) is 6.07 Å². The highest BCUT2D eigenvalue weighted by Crippen LogP contribution is 2.31. The van der Waals surface area contributed by atoms with Gasteiger partial charge in [-0.2, -0.15) is 0 Å². The number of nitrogens with one attached hydrogen (secondary N) is 1. The molecule has 1 aromatic carbocycles. The third-order valence-electron chi connectivity index (χ3n) is 3.42. The Morgan fingerprint density at radius 2 is 2.32 bits per heavy atom. The van der Waals surface area contributed by atoms with Gasteiger partial charge in [0, 0.05) is 24.3 Å². The number of ether oxygens (including phenoxy) is 1. The lowest BCUT2D eigenvalue weighted by Gasteiger charge is -2.22. The van der Waals surface area contributed by atoms with Gasteiger partial charge in [0.15, 0.2) is 0 Å². The van der Waals surface area contributed by atoms with Crippen molar-refractivity contribution in [1.82, 2.24) is 0 Å². The zero-order valence-corrected chi connectivity index (χ0v) is 11.5. The molecule has 0 bridgehead atoms. The van der Waals surface area contributed by atoms with E-state index in [0.29, 0.717) is 34.5 Å². The lowest BCUT2D eigenvalue weighted by atomic mass is 9.99. The van der Waals surface area contributed by atoms with Gasteiger partial charge in [0.25, 0.3) is 5.91 Å². The molecule has 5 N–H and O–H groups in total. The molecular formula is C13H18ClN3O2. The van der Waals surface area contributed by atoms with E-state index in [-0.39, 0.29) is 6.04 Å². The van der Waals surface area contributed by atoms with E-state index in [1.165, 1.54) is 6.07 Å². The molecular weight excluding hydrogens is 266 g/mol. The highest BCUT2D eigenvalue weighted by molar-refractivity contribution is 6.34. The predicted molar refractivity (Wildman–Crippen MR) is 76.4 cm³/mol. The number of nitrogens with two attached hydrogens (primary N) is 2. The van der Waals surface area contributed by atoms with Gasteiger partial charge in [0.1, 0.15) is 0 Å². The molecule has 1 aliphatic rings. The van der Waals surface area contributed by atoms with Gasteiger partial charge in [-0.1, -0.05) is 11.6 Å². The third kappa shape index (κ3) is 3.11. The van der Waals surface area contributed by atoms with E-state index in [9.17, 15) is 4.79 Å². The van der Waals surface area contributed by atoms with Crippen LogP contribution < -0.4 is 16.8 Å². The van der Waals surface area contributed by atoms with Crippen molar-refractivity contribution in [3.8, 4) is 0 Å². The highest BCUT2D eigenvalue weighted by atomic mass is 35.5. The number of benzene rings is 1. The van der Waals surface area contributed by atoms with Crippen molar-refractivity contribution in [2.24, 2.45) is 11.7 Å². The Labute approximate surface area is 117 Å². The average molecular weight is 284 g/mol. The van der Waals surface area contributed by atoms with Gasteiger partial charge in [-0.3, -0.25) is 4.79 Å². The number of carbonyl (C=O) groups excluding carboxylic acids is 1. The number of hydrogen-bond acceptors (Lipinski definition) is 4. The number of anilines is 2. The number of rotatable bonds is 4. The summed E-state index contributed by atoms with van der Waals surface area (Å²) in [5.41, 5.74) is 12.3. The van der Waals surface area contributed by atoms with Crippen molar-refractivity contribution < 1.29 is 9.53 Å². The van der Waals surface area contributed by atoms with Crippen LogP contribution >= 0.6 is 11.6 Å². The van der Waals surface area contributed by atoms with Crippen molar-refractivity contribution >= 4 is 28.9 Å². The quantitative estimate of drug-likeness (QED) is 0.736. The molecule has 2 rings (SSSR count). The lowest BCUT2D eigenvalue weighted by Crippen LogP contribution is -2.28. The highest BCUT2D eigenvalue weighted by Gasteiger charge is 2.24. The Morgan fingerprint density at radius 1 is 1.58 bits per heavy atom. The molecule has 5 nitrogen and oxygen atoms in total. The van der Waals surface area contributed by atoms with Crippen molar-refractivity contribution in [2.45, 2.75) is 19.4 Å². The minimum Gasteiger partial charge on any atom is -0.399 e. The molecule has 0 saturated carbocycles. The van der Waals surface area contributed by atoms with Crippen LogP contribution in [0.25, 0.3) is 0 Å². The molecule has 2 atom stereocenters. The molecule has 1 heterocycles. The van der Waals surface area contributed by atoms with E-state index in [2.05, 4.69) is 5.32 Å². The maximum absolute atomic E-state index is 11.5. The Hall–Kier alpha value is -1.46. The molecule has 19 heavy (non-hydrogen) atoms. The second-order valence-electron chi connectivity index (χ2n) is 4.85. The Kier molecular flexibility index (Phi) is 4.17. The summed E-state index contributed by atoms with van der Waals surface area (Å²) in [5, 5.41) is 3.66. The van der Waals surface area contributed by atoms with Crippen molar-refractivity contribution in [3.05, 3.63) is 22.7 Å². The minimum absolute atomic E-state index is 0.140. The van der Waals surface area contributed by atoms with Crippen LogP contribution in [0.5, 0.6) is 0 Å². The normalized spacial score (nSPS) is 20.2. The van der Waals surface area contributed by atoms with Crippen LogP contribution in [0.15, 0.2) is 12.1 Å². The van der Waals surface area contributed by atoms with Crippen LogP contribution in [-0.2, 0) is 4.74 Å². The molecule has 2 unspecified atom stereocenters. The van der Waals surface area contributed by atoms with Crippen molar-refractivity contribution in [3.63, 3.8) is 0 Å². The van der Waals surface area contributed by atoms with E-state index in [4.69, 9.17) is 27.8 Å². The smallest absolute Gasteiger partial charge is 0.250 e. The summed E-state index contributed by atoms with van der Waals surface area (Å²) in [6, 6.07) is 3.28. The molecule has 1 saturated heterocycles. The second-order valence-corrected chi connectivity index (χ2v) is 5.25. The van der Waals surface area contributed by atoms with Crippen LogP contribution in [0, 0.1) is 5.92 Å². The molecule has 0 spiro atoms. The molecule has 0 radical (unpaired) electrons. The van der Waals surface area contributed by atoms with Crippen LogP contribution in [0.4, 0.5) is 11.4 Å². The number of halogens is 1. The van der Waals surface area contributed by atoms with Gasteiger partial charge < -0.3 is 21.5 Å². The topological polar surface area (TPSA) is 90.4 Å². The number of amides is 1. The van der Waals surface area contributed by atoms with Gasteiger partial charge in [-0.05, 0) is 25.5 Å². The summed E-state index contributed by atoms with van der Waals surface area (Å²) in [4.78, 5) is 11.5. The zero-order chi connectivity index (χ0) is 14.0. The Balaban J connectivity index is 2.25. The minimum atomic E-state index is -0.549. The molecule has 0 aliphatic carbocycles. The van der Waals surface area contributed by atoms with Gasteiger partial charge in [-0.25, -0.2) is 0 Å². The standard InChI is InChI=1S/C13H18ClN3O2/c1-7(8-2-3-19-6-8)17-12-10(13(16)18)4-9(15)5-11(12)14/h4-5,7-8,17H,2-3,6,15H2,1H3,(H2,16,18). The zero-order valence-electron chi connectivity index (χ0n) is 10.8. The maximum Gasteiger partial charge on any atom is 0.250 e. The summed E-state index contributed by atoms with van der Waals surface area (Å²) >= 11 is 6.15. The van der Waals surface area contributed by atoms with Crippen LogP contribution in [-0.4, -0.2) is 25.2 Å². The molecule has 0 aromatic heterocycles. The van der Waals surface area contributed by atoms with E-state index in [1.807, 2.05) is 6.92 Å². The first-order valence-corrected chi connectivity index (χ1v) is 6.60. The van der Waals surface area contributed by atoms with Crippen molar-refractivity contribution in [2.75, 3.05) is 24.3 Å². The first kappa shape index (κ1) is 14.0. The summed E-state index contributed by atoms with van der Waals surface area (Å²) in [6.07, 6.45) is 0.993. The van der Waals surface area contributed by atoms with Crippen LogP contribution in [0.3, 0.4) is 0 Å². The lowest BCUT2D eigenvalue weighted by molar-refractivity contribution is 0.100. The Morgan fingerprint density at radius 3 is 2.89 bits per heavy atom. The average Bonchev–Trinajstić information content (AvgIpc) is 2.85. The first-order valence-electron chi connectivity index (χ1n) is 6.22. The fraction of sp³-hybridized carbons (Fsp3) is 0.462. The van der Waals surface area contributed by atoms with E-state index in [0.717, 1.165) is 13.0 Å². The molecule has 1 amide bonds. The second kappa shape index (κ2) is 5.67. The van der Waals surface area contributed by atoms with Crippen LogP contribution in [0.1, 0.15) is 23.7 Å². The van der Waals surface area contributed by atoms with Gasteiger partial charge in [-0.15, -0.1) is 0 Å². The summed E-state index contributed by atoms with van der Waals surface area (Å²) in [7, 11) is 0. The number of carbonyl (C=O) groups is 1. The van der Waals surface area contributed by atoms with Gasteiger partial charge in [0.05, 0.1) is 22.9 Å². The van der Waals surface area contributed by atoms with E-state index < -0.39 is 5.91 Å².